The van der Waals surface area contributed by atoms with Crippen molar-refractivity contribution in [2.24, 2.45) is 5.92 Å². The second-order valence-corrected chi connectivity index (χ2v) is 4.47. The SMILES string of the molecule is CCCc1ccc(C(=O)C(CC)CNC)cc1. The normalized spacial score (nSPS) is 12.4. The van der Waals surface area contributed by atoms with Crippen LogP contribution in [0.15, 0.2) is 24.3 Å². The Bertz CT molecular complexity index is 342. The van der Waals surface area contributed by atoms with E-state index in [1.54, 1.807) is 0 Å². The van der Waals surface area contributed by atoms with E-state index in [0.717, 1.165) is 31.4 Å². The zero-order valence-corrected chi connectivity index (χ0v) is 11.1. The first-order valence-corrected chi connectivity index (χ1v) is 6.50. The third kappa shape index (κ3) is 3.97. The average Bonchev–Trinajstić information content (AvgIpc) is 2.36. The second-order valence-electron chi connectivity index (χ2n) is 4.47. The van der Waals surface area contributed by atoms with Crippen LogP contribution in [-0.4, -0.2) is 19.4 Å². The summed E-state index contributed by atoms with van der Waals surface area (Å²) in [6, 6.07) is 8.07. The number of benzene rings is 1. The lowest BCUT2D eigenvalue weighted by molar-refractivity contribution is 0.0916. The first-order chi connectivity index (χ1) is 8.22. The van der Waals surface area contributed by atoms with E-state index in [1.165, 1.54) is 5.56 Å². The number of hydrogen-bond acceptors (Lipinski definition) is 2. The number of rotatable bonds is 7. The molecular weight excluding hydrogens is 210 g/mol. The van der Waals surface area contributed by atoms with E-state index < -0.39 is 0 Å². The van der Waals surface area contributed by atoms with E-state index in [2.05, 4.69) is 31.3 Å². The summed E-state index contributed by atoms with van der Waals surface area (Å²) in [4.78, 5) is 12.2. The molecule has 0 spiro atoms. The maximum atomic E-state index is 12.2. The van der Waals surface area contributed by atoms with Crippen LogP contribution in [0.2, 0.25) is 0 Å². The van der Waals surface area contributed by atoms with E-state index in [4.69, 9.17) is 0 Å². The van der Waals surface area contributed by atoms with Gasteiger partial charge in [-0.2, -0.15) is 0 Å². The molecule has 0 fully saturated rings. The second kappa shape index (κ2) is 7.23. The van der Waals surface area contributed by atoms with Crippen molar-refractivity contribution < 1.29 is 4.79 Å². The lowest BCUT2D eigenvalue weighted by Crippen LogP contribution is -2.25. The van der Waals surface area contributed by atoms with E-state index in [9.17, 15) is 4.79 Å². The fourth-order valence-corrected chi connectivity index (χ4v) is 2.03. The molecule has 2 heteroatoms. The highest BCUT2D eigenvalue weighted by Crippen LogP contribution is 2.13. The third-order valence-corrected chi connectivity index (χ3v) is 3.09. The minimum atomic E-state index is 0.0945. The Balaban J connectivity index is 2.74. The molecule has 1 aromatic rings. The lowest BCUT2D eigenvalue weighted by Gasteiger charge is -2.13. The largest absolute Gasteiger partial charge is 0.319 e. The number of carbonyl (C=O) groups excluding carboxylic acids is 1. The first-order valence-electron chi connectivity index (χ1n) is 6.50. The fraction of sp³-hybridized carbons (Fsp3) is 0.533. The molecule has 0 saturated carbocycles. The molecule has 0 radical (unpaired) electrons. The number of nitrogens with one attached hydrogen (secondary N) is 1. The smallest absolute Gasteiger partial charge is 0.167 e. The Morgan fingerprint density at radius 3 is 2.35 bits per heavy atom. The van der Waals surface area contributed by atoms with E-state index in [0.29, 0.717) is 0 Å². The van der Waals surface area contributed by atoms with Crippen LogP contribution < -0.4 is 5.32 Å². The van der Waals surface area contributed by atoms with Crippen LogP contribution in [0.3, 0.4) is 0 Å². The number of ketones is 1. The van der Waals surface area contributed by atoms with Crippen LogP contribution in [0.4, 0.5) is 0 Å². The van der Waals surface area contributed by atoms with E-state index in [1.807, 2.05) is 19.2 Å². The van der Waals surface area contributed by atoms with Crippen molar-refractivity contribution in [3.63, 3.8) is 0 Å². The summed E-state index contributed by atoms with van der Waals surface area (Å²) in [5.74, 6) is 0.349. The molecule has 0 bridgehead atoms. The van der Waals surface area contributed by atoms with Gasteiger partial charge < -0.3 is 5.32 Å². The molecular formula is C15H23NO. The summed E-state index contributed by atoms with van der Waals surface area (Å²) in [5.41, 5.74) is 2.15. The van der Waals surface area contributed by atoms with Crippen LogP contribution in [0.1, 0.15) is 42.6 Å². The van der Waals surface area contributed by atoms with Gasteiger partial charge in [-0.1, -0.05) is 44.5 Å². The lowest BCUT2D eigenvalue weighted by atomic mass is 9.94. The predicted molar refractivity (Wildman–Crippen MR) is 72.5 cm³/mol. The van der Waals surface area contributed by atoms with Crippen LogP contribution in [0, 0.1) is 5.92 Å². The Hall–Kier alpha value is -1.15. The molecule has 1 aromatic carbocycles. The Morgan fingerprint density at radius 1 is 1.24 bits per heavy atom. The monoisotopic (exact) mass is 233 g/mol. The van der Waals surface area contributed by atoms with E-state index >= 15 is 0 Å². The Kier molecular flexibility index (Phi) is 5.92. The Labute approximate surface area is 104 Å². The van der Waals surface area contributed by atoms with Gasteiger partial charge in [0.05, 0.1) is 0 Å². The molecule has 1 unspecified atom stereocenters. The number of Topliss-reactive ketones (excluding diaryl/α,β-unsaturated/α-hetero) is 1. The van der Waals surface area contributed by atoms with Gasteiger partial charge in [0.15, 0.2) is 5.78 Å². The van der Waals surface area contributed by atoms with Crippen molar-refractivity contribution in [1.82, 2.24) is 5.32 Å². The van der Waals surface area contributed by atoms with Gasteiger partial charge >= 0.3 is 0 Å². The maximum Gasteiger partial charge on any atom is 0.167 e. The average molecular weight is 233 g/mol. The van der Waals surface area contributed by atoms with Gasteiger partial charge in [-0.25, -0.2) is 0 Å². The fourth-order valence-electron chi connectivity index (χ4n) is 2.03. The molecule has 1 N–H and O–H groups in total. The molecule has 17 heavy (non-hydrogen) atoms. The molecule has 0 heterocycles. The third-order valence-electron chi connectivity index (χ3n) is 3.09. The summed E-state index contributed by atoms with van der Waals surface area (Å²) in [6.45, 7) is 4.98. The molecule has 94 valence electrons. The molecule has 1 atom stereocenters. The minimum absolute atomic E-state index is 0.0945. The van der Waals surface area contributed by atoms with Gasteiger partial charge in [-0.05, 0) is 25.5 Å². The highest BCUT2D eigenvalue weighted by molar-refractivity contribution is 5.98. The quantitative estimate of drug-likeness (QED) is 0.733. The molecule has 0 aliphatic rings. The van der Waals surface area contributed by atoms with Crippen LogP contribution in [0.5, 0.6) is 0 Å². The molecule has 0 aromatic heterocycles. The first kappa shape index (κ1) is 13.9. The molecule has 0 saturated heterocycles. The summed E-state index contributed by atoms with van der Waals surface area (Å²) in [7, 11) is 1.89. The van der Waals surface area contributed by atoms with Gasteiger partial charge in [0.25, 0.3) is 0 Å². The zero-order chi connectivity index (χ0) is 12.7. The van der Waals surface area contributed by atoms with Crippen LogP contribution >= 0.6 is 0 Å². The standard InChI is InChI=1S/C15H23NO/c1-4-6-12-7-9-14(10-8-12)15(17)13(5-2)11-16-3/h7-10,13,16H,4-6,11H2,1-3H3. The van der Waals surface area contributed by atoms with Crippen molar-refractivity contribution in [3.05, 3.63) is 35.4 Å². The van der Waals surface area contributed by atoms with Gasteiger partial charge in [-0.15, -0.1) is 0 Å². The number of carbonyl (C=O) groups is 1. The van der Waals surface area contributed by atoms with Crippen LogP contribution in [0.25, 0.3) is 0 Å². The highest BCUT2D eigenvalue weighted by Gasteiger charge is 2.16. The summed E-state index contributed by atoms with van der Waals surface area (Å²) >= 11 is 0. The van der Waals surface area contributed by atoms with Gasteiger partial charge in [-0.3, -0.25) is 4.79 Å². The molecule has 2 nitrogen and oxygen atoms in total. The topological polar surface area (TPSA) is 29.1 Å². The maximum absolute atomic E-state index is 12.2. The highest BCUT2D eigenvalue weighted by atomic mass is 16.1. The van der Waals surface area contributed by atoms with Crippen molar-refractivity contribution >= 4 is 5.78 Å². The van der Waals surface area contributed by atoms with Crippen LogP contribution in [-0.2, 0) is 6.42 Å². The van der Waals surface area contributed by atoms with Crippen molar-refractivity contribution in [1.29, 1.82) is 0 Å². The van der Waals surface area contributed by atoms with Crippen molar-refractivity contribution in [2.45, 2.75) is 33.1 Å². The minimum Gasteiger partial charge on any atom is -0.319 e. The van der Waals surface area contributed by atoms with Crippen molar-refractivity contribution in [3.8, 4) is 0 Å². The van der Waals surface area contributed by atoms with Gasteiger partial charge in [0.1, 0.15) is 0 Å². The summed E-state index contributed by atoms with van der Waals surface area (Å²) < 4.78 is 0. The summed E-state index contributed by atoms with van der Waals surface area (Å²) in [5, 5.41) is 3.08. The predicted octanol–water partition coefficient (Wildman–Crippen LogP) is 3.07. The van der Waals surface area contributed by atoms with Gasteiger partial charge in [0.2, 0.25) is 0 Å². The number of hydrogen-bond donors (Lipinski definition) is 1. The molecule has 0 amide bonds. The van der Waals surface area contributed by atoms with Crippen molar-refractivity contribution in [2.75, 3.05) is 13.6 Å². The Morgan fingerprint density at radius 2 is 1.88 bits per heavy atom. The zero-order valence-electron chi connectivity index (χ0n) is 11.1. The number of aryl methyl sites for hydroxylation is 1. The van der Waals surface area contributed by atoms with E-state index in [-0.39, 0.29) is 11.7 Å². The molecule has 1 rings (SSSR count). The molecule has 0 aliphatic heterocycles. The van der Waals surface area contributed by atoms with Gasteiger partial charge in [0, 0.05) is 18.0 Å². The summed E-state index contributed by atoms with van der Waals surface area (Å²) in [6.07, 6.45) is 3.11. The molecule has 0 aliphatic carbocycles.